The van der Waals surface area contributed by atoms with Crippen LogP contribution in [0.5, 0.6) is 0 Å². The fourth-order valence-corrected chi connectivity index (χ4v) is 2.38. The first-order valence-electron chi connectivity index (χ1n) is 5.54. The SMILES string of the molecule is Cc1occc1CN(C)Cc1csc(CN)n1. The summed E-state index contributed by atoms with van der Waals surface area (Å²) in [5.41, 5.74) is 7.85. The molecular weight excluding hydrogens is 234 g/mol. The monoisotopic (exact) mass is 251 g/mol. The Morgan fingerprint density at radius 2 is 2.29 bits per heavy atom. The highest BCUT2D eigenvalue weighted by Crippen LogP contribution is 2.14. The van der Waals surface area contributed by atoms with Gasteiger partial charge in [0.25, 0.3) is 0 Å². The van der Waals surface area contributed by atoms with E-state index in [1.165, 1.54) is 5.56 Å². The van der Waals surface area contributed by atoms with Crippen LogP contribution in [-0.4, -0.2) is 16.9 Å². The van der Waals surface area contributed by atoms with Crippen molar-refractivity contribution in [3.8, 4) is 0 Å². The van der Waals surface area contributed by atoms with Crippen LogP contribution in [0.1, 0.15) is 22.0 Å². The van der Waals surface area contributed by atoms with Crippen LogP contribution < -0.4 is 5.73 Å². The molecule has 2 aromatic rings. The first-order chi connectivity index (χ1) is 8.19. The van der Waals surface area contributed by atoms with Gasteiger partial charge in [-0.3, -0.25) is 4.90 Å². The molecule has 0 saturated carbocycles. The van der Waals surface area contributed by atoms with Crippen molar-refractivity contribution in [3.05, 3.63) is 39.7 Å². The maximum Gasteiger partial charge on any atom is 0.106 e. The van der Waals surface area contributed by atoms with Crippen molar-refractivity contribution >= 4 is 11.3 Å². The quantitative estimate of drug-likeness (QED) is 0.884. The topological polar surface area (TPSA) is 55.3 Å². The van der Waals surface area contributed by atoms with Crippen LogP contribution in [0, 0.1) is 6.92 Å². The van der Waals surface area contributed by atoms with Gasteiger partial charge in [0, 0.05) is 30.6 Å². The minimum absolute atomic E-state index is 0.523. The highest BCUT2D eigenvalue weighted by molar-refractivity contribution is 7.09. The summed E-state index contributed by atoms with van der Waals surface area (Å²) < 4.78 is 5.28. The summed E-state index contributed by atoms with van der Waals surface area (Å²) in [5, 5.41) is 3.06. The minimum Gasteiger partial charge on any atom is -0.469 e. The van der Waals surface area contributed by atoms with E-state index in [4.69, 9.17) is 10.2 Å². The second-order valence-electron chi connectivity index (χ2n) is 4.11. The van der Waals surface area contributed by atoms with Gasteiger partial charge in [-0.1, -0.05) is 0 Å². The first-order valence-corrected chi connectivity index (χ1v) is 6.42. The van der Waals surface area contributed by atoms with Gasteiger partial charge in [0.2, 0.25) is 0 Å². The van der Waals surface area contributed by atoms with Crippen molar-refractivity contribution < 1.29 is 4.42 Å². The van der Waals surface area contributed by atoms with Gasteiger partial charge in [0.1, 0.15) is 10.8 Å². The van der Waals surface area contributed by atoms with E-state index in [0.717, 1.165) is 29.6 Å². The van der Waals surface area contributed by atoms with Gasteiger partial charge in [0.05, 0.1) is 12.0 Å². The third-order valence-electron chi connectivity index (χ3n) is 2.61. The molecule has 0 aromatic carbocycles. The van der Waals surface area contributed by atoms with Gasteiger partial charge in [-0.05, 0) is 20.0 Å². The second-order valence-corrected chi connectivity index (χ2v) is 5.05. The molecule has 2 N–H and O–H groups in total. The van der Waals surface area contributed by atoms with Crippen LogP contribution in [-0.2, 0) is 19.6 Å². The molecule has 0 radical (unpaired) electrons. The molecule has 0 saturated heterocycles. The molecule has 0 spiro atoms. The molecule has 4 nitrogen and oxygen atoms in total. The van der Waals surface area contributed by atoms with Crippen LogP contribution >= 0.6 is 11.3 Å². The number of nitrogens with two attached hydrogens (primary N) is 1. The maximum atomic E-state index is 5.55. The van der Waals surface area contributed by atoms with Crippen molar-refractivity contribution in [2.45, 2.75) is 26.6 Å². The predicted octanol–water partition coefficient (Wildman–Crippen LogP) is 2.14. The Morgan fingerprint density at radius 1 is 1.47 bits per heavy atom. The number of aromatic nitrogens is 1. The van der Waals surface area contributed by atoms with Crippen molar-refractivity contribution in [3.63, 3.8) is 0 Å². The number of hydrogen-bond acceptors (Lipinski definition) is 5. The number of furan rings is 1. The first kappa shape index (κ1) is 12.3. The third-order valence-corrected chi connectivity index (χ3v) is 3.53. The van der Waals surface area contributed by atoms with Crippen LogP contribution in [0.2, 0.25) is 0 Å². The second kappa shape index (κ2) is 5.44. The lowest BCUT2D eigenvalue weighted by Gasteiger charge is -2.14. The molecule has 0 amide bonds. The fraction of sp³-hybridized carbons (Fsp3) is 0.417. The molecule has 2 aromatic heterocycles. The van der Waals surface area contributed by atoms with Crippen molar-refractivity contribution in [1.29, 1.82) is 0 Å². The summed E-state index contributed by atoms with van der Waals surface area (Å²) in [6.07, 6.45) is 1.73. The Bertz CT molecular complexity index is 478. The van der Waals surface area contributed by atoms with Gasteiger partial charge < -0.3 is 10.2 Å². The van der Waals surface area contributed by atoms with E-state index in [1.807, 2.05) is 13.0 Å². The highest BCUT2D eigenvalue weighted by atomic mass is 32.1. The lowest BCUT2D eigenvalue weighted by molar-refractivity contribution is 0.313. The normalized spacial score (nSPS) is 11.3. The average Bonchev–Trinajstić information content (AvgIpc) is 2.89. The summed E-state index contributed by atoms with van der Waals surface area (Å²) in [4.78, 5) is 6.66. The van der Waals surface area contributed by atoms with Crippen LogP contribution in [0.3, 0.4) is 0 Å². The largest absolute Gasteiger partial charge is 0.469 e. The molecule has 5 heteroatoms. The predicted molar refractivity (Wildman–Crippen MR) is 68.6 cm³/mol. The molecule has 0 unspecified atom stereocenters. The van der Waals surface area contributed by atoms with E-state index in [2.05, 4.69) is 22.3 Å². The number of thiazole rings is 1. The van der Waals surface area contributed by atoms with Crippen molar-refractivity contribution in [2.24, 2.45) is 5.73 Å². The Morgan fingerprint density at radius 3 is 2.88 bits per heavy atom. The summed E-state index contributed by atoms with van der Waals surface area (Å²) in [6, 6.07) is 2.01. The number of hydrogen-bond donors (Lipinski definition) is 1. The van der Waals surface area contributed by atoms with E-state index in [-0.39, 0.29) is 0 Å². The highest BCUT2D eigenvalue weighted by Gasteiger charge is 2.08. The lowest BCUT2D eigenvalue weighted by atomic mass is 10.2. The Kier molecular flexibility index (Phi) is 3.93. The van der Waals surface area contributed by atoms with Gasteiger partial charge in [0.15, 0.2) is 0 Å². The zero-order valence-electron chi connectivity index (χ0n) is 10.1. The number of nitrogens with zero attached hydrogens (tertiary/aromatic N) is 2. The smallest absolute Gasteiger partial charge is 0.106 e. The van der Waals surface area contributed by atoms with Crippen LogP contribution in [0.25, 0.3) is 0 Å². The molecule has 0 bridgehead atoms. The number of rotatable bonds is 5. The zero-order chi connectivity index (χ0) is 12.3. The summed E-state index contributed by atoms with van der Waals surface area (Å²) in [5.74, 6) is 0.984. The molecular formula is C12H17N3OS. The molecule has 0 aliphatic rings. The van der Waals surface area contributed by atoms with Crippen molar-refractivity contribution in [2.75, 3.05) is 7.05 Å². The molecule has 0 fully saturated rings. The summed E-state index contributed by atoms with van der Waals surface area (Å²) in [6.45, 7) is 4.21. The standard InChI is InChI=1S/C12H17N3OS/c1-9-10(3-4-16-9)6-15(2)7-11-8-17-12(5-13)14-11/h3-4,8H,5-7,13H2,1-2H3. The molecule has 0 aliphatic heterocycles. The van der Waals surface area contributed by atoms with E-state index in [1.54, 1.807) is 17.6 Å². The lowest BCUT2D eigenvalue weighted by Crippen LogP contribution is -2.17. The number of aryl methyl sites for hydroxylation is 1. The van der Waals surface area contributed by atoms with Crippen LogP contribution in [0.15, 0.2) is 22.1 Å². The Hall–Kier alpha value is -1.17. The summed E-state index contributed by atoms with van der Waals surface area (Å²) in [7, 11) is 2.08. The molecule has 0 aliphatic carbocycles. The Labute approximate surface area is 105 Å². The van der Waals surface area contributed by atoms with E-state index in [0.29, 0.717) is 6.54 Å². The molecule has 17 heavy (non-hydrogen) atoms. The fourth-order valence-electron chi connectivity index (χ4n) is 1.71. The summed E-state index contributed by atoms with van der Waals surface area (Å²) >= 11 is 1.62. The molecule has 92 valence electrons. The van der Waals surface area contributed by atoms with Crippen molar-refractivity contribution in [1.82, 2.24) is 9.88 Å². The van der Waals surface area contributed by atoms with E-state index >= 15 is 0 Å². The Balaban J connectivity index is 1.93. The van der Waals surface area contributed by atoms with Crippen LogP contribution in [0.4, 0.5) is 0 Å². The molecule has 2 rings (SSSR count). The molecule has 2 heterocycles. The maximum absolute atomic E-state index is 5.55. The minimum atomic E-state index is 0.523. The third kappa shape index (κ3) is 3.15. The van der Waals surface area contributed by atoms with Gasteiger partial charge in [-0.15, -0.1) is 11.3 Å². The van der Waals surface area contributed by atoms with Gasteiger partial charge in [-0.25, -0.2) is 4.98 Å². The van der Waals surface area contributed by atoms with Gasteiger partial charge in [-0.2, -0.15) is 0 Å². The zero-order valence-corrected chi connectivity index (χ0v) is 11.0. The van der Waals surface area contributed by atoms with Gasteiger partial charge >= 0.3 is 0 Å². The average molecular weight is 251 g/mol. The van der Waals surface area contributed by atoms with E-state index < -0.39 is 0 Å². The molecule has 0 atom stereocenters. The van der Waals surface area contributed by atoms with E-state index in [9.17, 15) is 0 Å².